The molecular formula is C21H27N3O6S. The number of aryl methyl sites for hydroxylation is 1. The Morgan fingerprint density at radius 3 is 2.45 bits per heavy atom. The molecule has 1 N–H and O–H groups in total. The number of nitrogens with zero attached hydrogens (tertiary/aromatic N) is 2. The lowest BCUT2D eigenvalue weighted by molar-refractivity contribution is -0.385. The number of rotatable bonds is 8. The van der Waals surface area contributed by atoms with Crippen molar-refractivity contribution < 1.29 is 22.8 Å². The highest BCUT2D eigenvalue weighted by Gasteiger charge is 2.23. The lowest BCUT2D eigenvalue weighted by atomic mass is 9.87. The minimum absolute atomic E-state index is 0.0146. The number of ether oxygens (including phenoxy) is 2. The van der Waals surface area contributed by atoms with Gasteiger partial charge in [-0.05, 0) is 42.5 Å². The summed E-state index contributed by atoms with van der Waals surface area (Å²) in [6.07, 6.45) is 1.18. The predicted molar refractivity (Wildman–Crippen MR) is 119 cm³/mol. The SMILES string of the molecule is CCOc1cc(/C=N/NS(=O)(=O)c2cc(C(C)(C)C)ccc2C)cc([N+](=O)[O-])c1OC. The summed E-state index contributed by atoms with van der Waals surface area (Å²) in [5.74, 6) is 0.149. The maximum absolute atomic E-state index is 12.8. The molecule has 0 saturated heterocycles. The van der Waals surface area contributed by atoms with E-state index in [1.165, 1.54) is 25.5 Å². The molecule has 0 aliphatic rings. The van der Waals surface area contributed by atoms with Gasteiger partial charge in [-0.3, -0.25) is 10.1 Å². The van der Waals surface area contributed by atoms with E-state index in [-0.39, 0.29) is 39.7 Å². The Morgan fingerprint density at radius 1 is 1.23 bits per heavy atom. The summed E-state index contributed by atoms with van der Waals surface area (Å²) in [7, 11) is -2.63. The molecule has 0 aromatic heterocycles. The molecule has 31 heavy (non-hydrogen) atoms. The minimum atomic E-state index is -3.94. The number of nitrogens with one attached hydrogen (secondary N) is 1. The van der Waals surface area contributed by atoms with E-state index < -0.39 is 14.9 Å². The molecule has 168 valence electrons. The van der Waals surface area contributed by atoms with Crippen molar-refractivity contribution in [2.75, 3.05) is 13.7 Å². The van der Waals surface area contributed by atoms with Gasteiger partial charge in [-0.1, -0.05) is 32.9 Å². The van der Waals surface area contributed by atoms with Crippen molar-refractivity contribution in [1.82, 2.24) is 4.83 Å². The summed E-state index contributed by atoms with van der Waals surface area (Å²) in [5.41, 5.74) is 1.19. The van der Waals surface area contributed by atoms with Crippen LogP contribution in [0.1, 0.15) is 44.4 Å². The van der Waals surface area contributed by atoms with E-state index in [2.05, 4.69) is 9.93 Å². The van der Waals surface area contributed by atoms with Crippen LogP contribution in [0.5, 0.6) is 11.5 Å². The van der Waals surface area contributed by atoms with Crippen LogP contribution in [0.3, 0.4) is 0 Å². The molecule has 0 unspecified atom stereocenters. The standard InChI is InChI=1S/C21H27N3O6S/c1-7-30-18-11-15(10-17(24(25)26)20(18)29-6)13-22-23-31(27,28)19-12-16(21(3,4)5)9-8-14(19)2/h8-13,23H,7H2,1-6H3/b22-13+. The highest BCUT2D eigenvalue weighted by molar-refractivity contribution is 7.89. The van der Waals surface area contributed by atoms with Crippen LogP contribution >= 0.6 is 0 Å². The molecule has 0 spiro atoms. The summed E-state index contributed by atoms with van der Waals surface area (Å²) < 4.78 is 36.1. The molecule has 2 rings (SSSR count). The highest BCUT2D eigenvalue weighted by Crippen LogP contribution is 2.37. The lowest BCUT2D eigenvalue weighted by Gasteiger charge is -2.20. The van der Waals surface area contributed by atoms with Gasteiger partial charge >= 0.3 is 5.69 Å². The van der Waals surface area contributed by atoms with E-state index in [4.69, 9.17) is 9.47 Å². The van der Waals surface area contributed by atoms with E-state index in [1.54, 1.807) is 26.0 Å². The monoisotopic (exact) mass is 449 g/mol. The second kappa shape index (κ2) is 9.34. The Morgan fingerprint density at radius 2 is 1.90 bits per heavy atom. The van der Waals surface area contributed by atoms with Crippen LogP contribution in [-0.4, -0.2) is 33.3 Å². The van der Waals surface area contributed by atoms with E-state index in [0.29, 0.717) is 5.56 Å². The summed E-state index contributed by atoms with van der Waals surface area (Å²) >= 11 is 0. The third-order valence-electron chi connectivity index (χ3n) is 4.49. The van der Waals surface area contributed by atoms with Crippen LogP contribution in [-0.2, 0) is 15.4 Å². The van der Waals surface area contributed by atoms with Gasteiger partial charge in [-0.2, -0.15) is 13.5 Å². The van der Waals surface area contributed by atoms with Crippen molar-refractivity contribution in [3.8, 4) is 11.5 Å². The van der Waals surface area contributed by atoms with Crippen LogP contribution in [0.4, 0.5) is 5.69 Å². The number of hydrogen-bond donors (Lipinski definition) is 1. The van der Waals surface area contributed by atoms with Gasteiger partial charge in [0.25, 0.3) is 10.0 Å². The van der Waals surface area contributed by atoms with Gasteiger partial charge in [-0.15, -0.1) is 0 Å². The second-order valence-corrected chi connectivity index (χ2v) is 9.47. The van der Waals surface area contributed by atoms with Gasteiger partial charge in [0.15, 0.2) is 5.75 Å². The van der Waals surface area contributed by atoms with Crippen molar-refractivity contribution in [1.29, 1.82) is 0 Å². The Bertz CT molecular complexity index is 1100. The zero-order chi connectivity index (χ0) is 23.4. The Balaban J connectivity index is 2.38. The van der Waals surface area contributed by atoms with Gasteiger partial charge in [0.05, 0.1) is 29.8 Å². The Kier molecular flexibility index (Phi) is 7.27. The average molecular weight is 450 g/mol. The second-order valence-electron chi connectivity index (χ2n) is 7.84. The molecule has 0 aliphatic heterocycles. The van der Waals surface area contributed by atoms with Crippen molar-refractivity contribution in [3.05, 3.63) is 57.1 Å². The van der Waals surface area contributed by atoms with Crippen molar-refractivity contribution in [2.24, 2.45) is 5.10 Å². The van der Waals surface area contributed by atoms with Gasteiger partial charge < -0.3 is 9.47 Å². The highest BCUT2D eigenvalue weighted by atomic mass is 32.2. The molecule has 9 nitrogen and oxygen atoms in total. The number of hydrazone groups is 1. The first-order valence-electron chi connectivity index (χ1n) is 9.56. The molecule has 2 aromatic carbocycles. The maximum atomic E-state index is 12.8. The molecule has 0 aliphatic carbocycles. The van der Waals surface area contributed by atoms with Crippen LogP contribution in [0.15, 0.2) is 40.3 Å². The lowest BCUT2D eigenvalue weighted by Crippen LogP contribution is -2.21. The first-order valence-corrected chi connectivity index (χ1v) is 11.0. The van der Waals surface area contributed by atoms with Crippen molar-refractivity contribution >= 4 is 21.9 Å². The zero-order valence-corrected chi connectivity index (χ0v) is 19.2. The zero-order valence-electron chi connectivity index (χ0n) is 18.4. The fourth-order valence-corrected chi connectivity index (χ4v) is 3.93. The van der Waals surface area contributed by atoms with Gasteiger partial charge in [0.1, 0.15) is 0 Å². The van der Waals surface area contributed by atoms with E-state index in [0.717, 1.165) is 5.56 Å². The van der Waals surface area contributed by atoms with Gasteiger partial charge in [-0.25, -0.2) is 4.83 Å². The summed E-state index contributed by atoms with van der Waals surface area (Å²) in [6.45, 7) is 9.68. The Hall–Kier alpha value is -3.14. The van der Waals surface area contributed by atoms with E-state index in [9.17, 15) is 18.5 Å². The average Bonchev–Trinajstić information content (AvgIpc) is 2.67. The summed E-state index contributed by atoms with van der Waals surface area (Å²) in [4.78, 5) is 13.1. The minimum Gasteiger partial charge on any atom is -0.490 e. The smallest absolute Gasteiger partial charge is 0.315 e. The van der Waals surface area contributed by atoms with E-state index in [1.807, 2.05) is 26.8 Å². The maximum Gasteiger partial charge on any atom is 0.315 e. The largest absolute Gasteiger partial charge is 0.490 e. The Labute approximate surface area is 182 Å². The van der Waals surface area contributed by atoms with Crippen molar-refractivity contribution in [2.45, 2.75) is 44.9 Å². The molecule has 0 atom stereocenters. The third kappa shape index (κ3) is 5.72. The first-order chi connectivity index (χ1) is 14.4. The van der Waals surface area contributed by atoms with Crippen molar-refractivity contribution in [3.63, 3.8) is 0 Å². The number of nitro groups is 1. The molecule has 0 bridgehead atoms. The number of sulfonamides is 1. The topological polar surface area (TPSA) is 120 Å². The predicted octanol–water partition coefficient (Wildman–Crippen LogP) is 3.92. The first kappa shape index (κ1) is 24.1. The molecule has 0 heterocycles. The fraction of sp³-hybridized carbons (Fsp3) is 0.381. The number of benzene rings is 2. The molecule has 0 fully saturated rings. The van der Waals surface area contributed by atoms with E-state index >= 15 is 0 Å². The normalized spacial score (nSPS) is 12.1. The summed E-state index contributed by atoms with van der Waals surface area (Å²) in [6, 6.07) is 7.98. The van der Waals surface area contributed by atoms with Crippen LogP contribution in [0.25, 0.3) is 0 Å². The fourth-order valence-electron chi connectivity index (χ4n) is 2.86. The third-order valence-corrected chi connectivity index (χ3v) is 5.85. The van der Waals surface area contributed by atoms with Gasteiger partial charge in [0.2, 0.25) is 5.75 Å². The molecule has 0 radical (unpaired) electrons. The summed E-state index contributed by atoms with van der Waals surface area (Å²) in [5, 5.41) is 15.2. The molecule has 10 heteroatoms. The van der Waals surface area contributed by atoms with Crippen LogP contribution < -0.4 is 14.3 Å². The molecular weight excluding hydrogens is 422 g/mol. The number of methoxy groups -OCH3 is 1. The van der Waals surface area contributed by atoms with Crippen LogP contribution in [0.2, 0.25) is 0 Å². The van der Waals surface area contributed by atoms with Gasteiger partial charge in [0, 0.05) is 11.6 Å². The molecule has 0 saturated carbocycles. The van der Waals surface area contributed by atoms with Crippen LogP contribution in [0, 0.1) is 17.0 Å². The molecule has 0 amide bonds. The quantitative estimate of drug-likeness (QED) is 0.370. The molecule has 2 aromatic rings. The number of hydrogen-bond acceptors (Lipinski definition) is 7. The number of nitro benzene ring substituents is 1.